The second-order valence-electron chi connectivity index (χ2n) is 13.6. The van der Waals surface area contributed by atoms with Crippen LogP contribution in [0.2, 0.25) is 0 Å². The van der Waals surface area contributed by atoms with Crippen LogP contribution in [0.1, 0.15) is 65.7 Å². The number of nitrogens with zero attached hydrogens (tertiary/aromatic N) is 4. The Morgan fingerprint density at radius 2 is 1.14 bits per heavy atom. The minimum atomic E-state index is -1.89. The molecule has 8 rings (SSSR count). The Morgan fingerprint density at radius 3 is 1.47 bits per heavy atom. The molecule has 0 bridgehead atoms. The molecule has 6 heterocycles. The number of carbonyl (C=O) groups is 4. The fraction of sp³-hybridized carbons (Fsp3) is 0.316. The Hall–Kier alpha value is -6.06. The van der Waals surface area contributed by atoms with Gasteiger partial charge in [-0.1, -0.05) is 23.7 Å². The summed E-state index contributed by atoms with van der Waals surface area (Å²) in [6.45, 7) is -0.0716. The van der Waals surface area contributed by atoms with Gasteiger partial charge in [-0.3, -0.25) is 19.2 Å². The molecule has 300 valence electrons. The fourth-order valence-electron chi connectivity index (χ4n) is 6.35. The van der Waals surface area contributed by atoms with Crippen LogP contribution in [0.5, 0.6) is 11.5 Å². The Morgan fingerprint density at radius 1 is 0.759 bits per heavy atom. The summed E-state index contributed by atoms with van der Waals surface area (Å²) < 4.78 is 68.7. The van der Waals surface area contributed by atoms with Crippen LogP contribution in [0.25, 0.3) is 22.5 Å². The number of fused-ring (bicyclic) bond motifs is 6. The van der Waals surface area contributed by atoms with Crippen molar-refractivity contribution in [1.29, 1.82) is 0 Å². The second-order valence-corrected chi connectivity index (χ2v) is 15.6. The number of nitrogens with two attached hydrogens (primary N) is 2. The van der Waals surface area contributed by atoms with E-state index < -0.39 is 58.8 Å². The number of alkyl halides is 2. The monoisotopic (exact) mass is 838 g/mol. The predicted octanol–water partition coefficient (Wildman–Crippen LogP) is 2.79. The van der Waals surface area contributed by atoms with Gasteiger partial charge in [0.2, 0.25) is 11.2 Å². The first-order valence-electron chi connectivity index (χ1n) is 17.2. The lowest BCUT2D eigenvalue weighted by atomic mass is 10.0. The summed E-state index contributed by atoms with van der Waals surface area (Å²) in [6, 6.07) is 4.67. The summed E-state index contributed by atoms with van der Waals surface area (Å²) in [5, 5.41) is 20.7. The summed E-state index contributed by atoms with van der Waals surface area (Å²) in [7, 11) is 3.07. The molecular formula is C38H30F4N6O8S2. The van der Waals surface area contributed by atoms with Crippen LogP contribution < -0.4 is 20.9 Å². The van der Waals surface area contributed by atoms with E-state index in [2.05, 4.69) is 33.6 Å². The van der Waals surface area contributed by atoms with Crippen LogP contribution in [0, 0.1) is 35.3 Å². The summed E-state index contributed by atoms with van der Waals surface area (Å²) in [5.74, 6) is 5.74. The molecule has 58 heavy (non-hydrogen) atoms. The number of hydrogen-bond acceptors (Lipinski definition) is 12. The van der Waals surface area contributed by atoms with Crippen molar-refractivity contribution in [3.05, 3.63) is 66.8 Å². The largest absolute Gasteiger partial charge is 0.489 e. The zero-order chi connectivity index (χ0) is 41.8. The van der Waals surface area contributed by atoms with Crippen LogP contribution in [0.15, 0.2) is 24.3 Å². The summed E-state index contributed by atoms with van der Waals surface area (Å²) >= 11 is 1.62. The van der Waals surface area contributed by atoms with Gasteiger partial charge in [-0.25, -0.2) is 27.5 Å². The number of benzene rings is 2. The molecular weight excluding hydrogens is 809 g/mol. The van der Waals surface area contributed by atoms with Gasteiger partial charge in [0.05, 0.1) is 32.3 Å². The third kappa shape index (κ3) is 7.31. The maximum Gasteiger partial charge on any atom is 0.277 e. The summed E-state index contributed by atoms with van der Waals surface area (Å²) in [4.78, 5) is 58.1. The van der Waals surface area contributed by atoms with Crippen molar-refractivity contribution in [2.45, 2.75) is 36.4 Å². The molecule has 0 spiro atoms. The zero-order valence-corrected chi connectivity index (χ0v) is 32.0. The molecule has 2 fully saturated rings. The van der Waals surface area contributed by atoms with Gasteiger partial charge in [0.1, 0.15) is 36.3 Å². The minimum Gasteiger partial charge on any atom is -0.489 e. The highest BCUT2D eigenvalue weighted by Gasteiger charge is 2.43. The number of carbonyl (C=O) groups excluding carboxylic acids is 4. The smallest absolute Gasteiger partial charge is 0.277 e. The molecule has 0 radical (unpaired) electrons. The van der Waals surface area contributed by atoms with Crippen molar-refractivity contribution in [2.24, 2.45) is 11.5 Å². The first-order chi connectivity index (χ1) is 27.4. The molecule has 0 unspecified atom stereocenters. The number of primary amides is 2. The van der Waals surface area contributed by atoms with Gasteiger partial charge >= 0.3 is 0 Å². The number of thiazole rings is 2. The number of halogens is 4. The van der Waals surface area contributed by atoms with Crippen LogP contribution in [-0.2, 0) is 9.59 Å². The average Bonchev–Trinajstić information content (AvgIpc) is 3.92. The van der Waals surface area contributed by atoms with E-state index in [9.17, 15) is 47.0 Å². The van der Waals surface area contributed by atoms with Crippen molar-refractivity contribution in [3.63, 3.8) is 0 Å². The predicted molar refractivity (Wildman–Crippen MR) is 199 cm³/mol. The van der Waals surface area contributed by atoms with Crippen molar-refractivity contribution in [2.75, 3.05) is 40.4 Å². The Balaban J connectivity index is 0.000000177. The van der Waals surface area contributed by atoms with Gasteiger partial charge < -0.3 is 41.0 Å². The average molecular weight is 839 g/mol. The van der Waals surface area contributed by atoms with Crippen LogP contribution in [0.3, 0.4) is 0 Å². The van der Waals surface area contributed by atoms with Crippen molar-refractivity contribution in [1.82, 2.24) is 19.8 Å². The minimum absolute atomic E-state index is 0.0474. The number of ether oxygens (including phenoxy) is 2. The molecule has 4 atom stereocenters. The van der Waals surface area contributed by atoms with Gasteiger partial charge in [0, 0.05) is 63.3 Å². The highest BCUT2D eigenvalue weighted by Crippen LogP contribution is 2.44. The molecule has 4 amide bonds. The van der Waals surface area contributed by atoms with E-state index in [-0.39, 0.29) is 91.0 Å². The summed E-state index contributed by atoms with van der Waals surface area (Å²) in [5.41, 5.74) is 7.22. The molecule has 4 aliphatic rings. The van der Waals surface area contributed by atoms with Crippen LogP contribution >= 0.6 is 22.7 Å². The van der Waals surface area contributed by atoms with E-state index in [4.69, 9.17) is 20.9 Å². The maximum absolute atomic E-state index is 14.5. The Labute approximate surface area is 334 Å². The number of rotatable bonds is 2. The van der Waals surface area contributed by atoms with Crippen molar-refractivity contribution in [3.8, 4) is 57.7 Å². The zero-order valence-electron chi connectivity index (χ0n) is 30.3. The Kier molecular flexibility index (Phi) is 10.4. The first kappa shape index (κ1) is 40.1. The van der Waals surface area contributed by atoms with E-state index >= 15 is 0 Å². The molecule has 2 saturated heterocycles. The normalized spacial score (nSPS) is 22.8. The van der Waals surface area contributed by atoms with Crippen molar-refractivity contribution >= 4 is 46.3 Å². The van der Waals surface area contributed by atoms with Crippen LogP contribution in [-0.4, -0.2) is 105 Å². The van der Waals surface area contributed by atoms with Crippen molar-refractivity contribution < 1.29 is 56.4 Å². The number of aromatic nitrogens is 2. The SMILES string of the molecule is CN1CC[C@@](O)(C#Cc2cc3c(cc2F)OC[C@@H](F)c2sc(C(N)=O)nc2-3)C1=O.CN1CC[C@@](O)(C#Cc2cc3c(cc2F)OC[C@H](F)c2sc(C(N)=O)nc2-3)C1=O. The standard InChI is InChI=1S/2C19H15F2N3O4S/c2*1-24-5-4-19(27,18(24)26)3-2-9-6-10-13(7-11(9)20)28-8-12(21)15-14(10)23-17(29-15)16(22)25/h2*6-7,12,27H,4-5,8H2,1H3,(H2,22,25)/t12-,19+;12-,19-/m10/s1. The number of hydrogen-bond donors (Lipinski definition) is 4. The third-order valence-corrected chi connectivity index (χ3v) is 11.9. The molecule has 20 heteroatoms. The van der Waals surface area contributed by atoms with Gasteiger partial charge in [0.25, 0.3) is 23.6 Å². The number of aliphatic hydroxyl groups is 2. The fourth-order valence-corrected chi connectivity index (χ4v) is 8.14. The molecule has 14 nitrogen and oxygen atoms in total. The lowest BCUT2D eigenvalue weighted by Crippen LogP contribution is -2.37. The van der Waals surface area contributed by atoms with E-state index in [0.29, 0.717) is 13.1 Å². The quantitative estimate of drug-likeness (QED) is 0.171. The number of likely N-dealkylation sites (N-methyl/N-ethyl adjacent to an activating group) is 2. The van der Waals surface area contributed by atoms with Gasteiger partial charge in [-0.15, -0.1) is 22.7 Å². The number of amides is 4. The summed E-state index contributed by atoms with van der Waals surface area (Å²) in [6.07, 6.45) is -2.92. The van der Waals surface area contributed by atoms with Crippen LogP contribution in [0.4, 0.5) is 17.6 Å². The molecule has 4 aliphatic heterocycles. The molecule has 2 aromatic carbocycles. The Bertz CT molecular complexity index is 2390. The first-order valence-corrected chi connectivity index (χ1v) is 18.9. The highest BCUT2D eigenvalue weighted by molar-refractivity contribution is 7.14. The molecule has 0 aliphatic carbocycles. The third-order valence-electron chi connectivity index (χ3n) is 9.54. The number of likely N-dealkylation sites (tertiary alicyclic amines) is 2. The van der Waals surface area contributed by atoms with E-state index in [0.717, 1.165) is 34.8 Å². The van der Waals surface area contributed by atoms with E-state index in [1.54, 1.807) is 0 Å². The lowest BCUT2D eigenvalue weighted by Gasteiger charge is -2.13. The van der Waals surface area contributed by atoms with E-state index in [1.807, 2.05) is 0 Å². The van der Waals surface area contributed by atoms with Gasteiger partial charge in [-0.05, 0) is 12.1 Å². The maximum atomic E-state index is 14.5. The molecule has 0 saturated carbocycles. The topological polar surface area (TPSA) is 212 Å². The molecule has 2 aromatic heterocycles. The van der Waals surface area contributed by atoms with Gasteiger partial charge in [0.15, 0.2) is 22.4 Å². The lowest BCUT2D eigenvalue weighted by molar-refractivity contribution is -0.138. The van der Waals surface area contributed by atoms with Gasteiger partial charge in [-0.2, -0.15) is 0 Å². The molecule has 6 N–H and O–H groups in total. The highest BCUT2D eigenvalue weighted by atomic mass is 32.1. The second kappa shape index (κ2) is 15.0. The molecule has 4 aromatic rings. The van der Waals surface area contributed by atoms with E-state index in [1.165, 1.54) is 36.0 Å².